The molecule has 2 aromatic heterocycles. The first-order valence-electron chi connectivity index (χ1n) is 5.87. The van der Waals surface area contributed by atoms with E-state index in [4.69, 9.17) is 0 Å². The Kier molecular flexibility index (Phi) is 6.53. The second kappa shape index (κ2) is 8.18. The molecule has 2 heterocycles. The number of thiophene rings is 1. The molecule has 120 valence electrons. The summed E-state index contributed by atoms with van der Waals surface area (Å²) in [5.41, 5.74) is 0. The van der Waals surface area contributed by atoms with Crippen LogP contribution in [0.4, 0.5) is 13.2 Å². The summed E-state index contributed by atoms with van der Waals surface area (Å²) in [5.74, 6) is 0.00823. The molecule has 0 aromatic carbocycles. The van der Waals surface area contributed by atoms with Crippen LogP contribution in [0.2, 0.25) is 0 Å². The molecule has 11 heteroatoms. The average Bonchev–Trinajstić information content (AvgIpc) is 3.11. The first-order chi connectivity index (χ1) is 10.4. The van der Waals surface area contributed by atoms with Gasteiger partial charge < -0.3 is 5.32 Å². The number of hydrogen-bond acceptors (Lipinski definition) is 7. The third-order valence-electron chi connectivity index (χ3n) is 2.12. The van der Waals surface area contributed by atoms with Gasteiger partial charge in [-0.3, -0.25) is 4.79 Å². The fraction of sp³-hybridized carbons (Fsp3) is 0.364. The average molecular weight is 385 g/mol. The number of carbonyl (C=O) groups is 1. The number of aromatic nitrogens is 2. The summed E-state index contributed by atoms with van der Waals surface area (Å²) < 4.78 is 37.2. The summed E-state index contributed by atoms with van der Waals surface area (Å²) in [6, 6.07) is 4.00. The van der Waals surface area contributed by atoms with Gasteiger partial charge in [0.05, 0.1) is 5.75 Å². The van der Waals surface area contributed by atoms with Crippen LogP contribution in [-0.4, -0.2) is 34.6 Å². The van der Waals surface area contributed by atoms with Crippen LogP contribution in [0.5, 0.6) is 0 Å². The molecule has 0 spiro atoms. The summed E-state index contributed by atoms with van der Waals surface area (Å²) in [5, 5.41) is 11.7. The molecule has 0 radical (unpaired) electrons. The lowest BCUT2D eigenvalue weighted by Crippen LogP contribution is -2.34. The Labute approximate surface area is 140 Å². The zero-order valence-electron chi connectivity index (χ0n) is 10.9. The Bertz CT molecular complexity index is 600. The van der Waals surface area contributed by atoms with Gasteiger partial charge in [0, 0.05) is 10.6 Å². The van der Waals surface area contributed by atoms with Crippen molar-refractivity contribution >= 4 is 52.1 Å². The predicted octanol–water partition coefficient (Wildman–Crippen LogP) is 3.66. The highest BCUT2D eigenvalue weighted by Crippen LogP contribution is 2.31. The zero-order valence-corrected chi connectivity index (χ0v) is 14.2. The lowest BCUT2D eigenvalue weighted by atomic mass is 10.5. The number of nitrogens with zero attached hydrogens (tertiary/aromatic N) is 2. The Hall–Kier alpha value is -0.780. The van der Waals surface area contributed by atoms with Gasteiger partial charge in [0.25, 0.3) is 0 Å². The minimum Gasteiger partial charge on any atom is -0.346 e. The largest absolute Gasteiger partial charge is 0.405 e. The van der Waals surface area contributed by atoms with Gasteiger partial charge in [-0.2, -0.15) is 13.2 Å². The van der Waals surface area contributed by atoms with Crippen molar-refractivity contribution in [2.75, 3.05) is 12.3 Å². The van der Waals surface area contributed by atoms with Crippen LogP contribution in [0, 0.1) is 0 Å². The van der Waals surface area contributed by atoms with E-state index in [0.29, 0.717) is 4.34 Å². The lowest BCUT2D eigenvalue weighted by Gasteiger charge is -2.07. The highest BCUT2D eigenvalue weighted by molar-refractivity contribution is 8.03. The normalized spacial score (nSPS) is 11.6. The highest BCUT2D eigenvalue weighted by Gasteiger charge is 2.27. The molecule has 1 amide bonds. The van der Waals surface area contributed by atoms with E-state index in [0.717, 1.165) is 21.9 Å². The first-order valence-corrected chi connectivity index (χ1v) is 9.54. The van der Waals surface area contributed by atoms with E-state index in [2.05, 4.69) is 10.2 Å². The molecular formula is C11H10F3N3OS4. The van der Waals surface area contributed by atoms with E-state index in [1.807, 2.05) is 22.8 Å². The van der Waals surface area contributed by atoms with Crippen molar-refractivity contribution in [2.45, 2.75) is 20.6 Å². The van der Waals surface area contributed by atoms with Gasteiger partial charge in [-0.05, 0) is 11.4 Å². The van der Waals surface area contributed by atoms with Crippen molar-refractivity contribution < 1.29 is 18.0 Å². The highest BCUT2D eigenvalue weighted by atomic mass is 32.2. The van der Waals surface area contributed by atoms with Crippen molar-refractivity contribution in [3.63, 3.8) is 0 Å². The van der Waals surface area contributed by atoms with Gasteiger partial charge >= 0.3 is 6.18 Å². The molecule has 0 saturated carbocycles. The van der Waals surface area contributed by atoms with Gasteiger partial charge in [-0.25, -0.2) is 0 Å². The quantitative estimate of drug-likeness (QED) is 0.737. The van der Waals surface area contributed by atoms with E-state index >= 15 is 0 Å². The van der Waals surface area contributed by atoms with Crippen molar-refractivity contribution in [3.05, 3.63) is 22.4 Å². The minimum absolute atomic E-state index is 0.111. The molecule has 0 bridgehead atoms. The summed E-state index contributed by atoms with van der Waals surface area (Å²) in [6.45, 7) is -1.32. The van der Waals surface area contributed by atoms with E-state index in [1.54, 1.807) is 11.3 Å². The molecule has 2 aromatic rings. The Morgan fingerprint density at radius 3 is 2.64 bits per heavy atom. The number of amides is 1. The molecule has 0 saturated heterocycles. The van der Waals surface area contributed by atoms with Crippen LogP contribution in [0.25, 0.3) is 0 Å². The summed E-state index contributed by atoms with van der Waals surface area (Å²) in [6.07, 6.45) is -4.39. The molecule has 1 N–H and O–H groups in total. The maximum Gasteiger partial charge on any atom is 0.405 e. The van der Waals surface area contributed by atoms with Crippen LogP contribution >= 0.6 is 46.2 Å². The molecular weight excluding hydrogens is 375 g/mol. The zero-order chi connectivity index (χ0) is 16.0. The van der Waals surface area contributed by atoms with Crippen LogP contribution in [0.15, 0.2) is 26.2 Å². The van der Waals surface area contributed by atoms with E-state index in [9.17, 15) is 18.0 Å². The van der Waals surface area contributed by atoms with Gasteiger partial charge in [0.15, 0.2) is 8.68 Å². The summed E-state index contributed by atoms with van der Waals surface area (Å²) in [7, 11) is 0. The number of halogens is 3. The minimum atomic E-state index is -4.39. The standard InChI is InChI=1S/C11H10F3N3OS4/c12-11(13,14)6-15-8(18)5-21-10-17-16-9(22-10)20-4-7-2-1-3-19-7/h1-3H,4-6H2,(H,15,18). The van der Waals surface area contributed by atoms with Crippen LogP contribution < -0.4 is 5.32 Å². The number of thioether (sulfide) groups is 2. The van der Waals surface area contributed by atoms with Gasteiger partial charge in [0.1, 0.15) is 6.54 Å². The smallest absolute Gasteiger partial charge is 0.346 e. The second-order valence-electron chi connectivity index (χ2n) is 3.88. The number of alkyl halides is 3. The van der Waals surface area contributed by atoms with Crippen LogP contribution in [0.3, 0.4) is 0 Å². The van der Waals surface area contributed by atoms with Crippen molar-refractivity contribution in [1.82, 2.24) is 15.5 Å². The maximum absolute atomic E-state index is 11.9. The van der Waals surface area contributed by atoms with Crippen molar-refractivity contribution in [2.24, 2.45) is 0 Å². The Morgan fingerprint density at radius 1 is 1.27 bits per heavy atom. The topological polar surface area (TPSA) is 54.9 Å². The monoisotopic (exact) mass is 385 g/mol. The molecule has 0 aliphatic rings. The number of carbonyl (C=O) groups excluding carboxylic acids is 1. The first kappa shape index (κ1) is 17.6. The predicted molar refractivity (Wildman–Crippen MR) is 83.6 cm³/mol. The molecule has 0 aliphatic carbocycles. The van der Waals surface area contributed by atoms with Crippen LogP contribution in [-0.2, 0) is 10.5 Å². The maximum atomic E-state index is 11.9. The molecule has 0 unspecified atom stereocenters. The van der Waals surface area contributed by atoms with Crippen molar-refractivity contribution in [1.29, 1.82) is 0 Å². The second-order valence-corrected chi connectivity index (χ2v) is 8.34. The van der Waals surface area contributed by atoms with Gasteiger partial charge in [0.2, 0.25) is 5.91 Å². The van der Waals surface area contributed by atoms with E-state index < -0.39 is 18.6 Å². The third kappa shape index (κ3) is 6.55. The molecule has 0 aliphatic heterocycles. The van der Waals surface area contributed by atoms with Gasteiger partial charge in [-0.15, -0.1) is 21.5 Å². The molecule has 0 atom stereocenters. The number of hydrogen-bond donors (Lipinski definition) is 1. The Balaban J connectivity index is 1.71. The molecule has 4 nitrogen and oxygen atoms in total. The van der Waals surface area contributed by atoms with Crippen molar-refractivity contribution in [3.8, 4) is 0 Å². The number of nitrogens with one attached hydrogen (secondary N) is 1. The number of rotatable bonds is 7. The SMILES string of the molecule is O=C(CSc1nnc(SCc2cccs2)s1)NCC(F)(F)F. The summed E-state index contributed by atoms with van der Waals surface area (Å²) in [4.78, 5) is 12.5. The molecule has 0 fully saturated rings. The third-order valence-corrected chi connectivity index (χ3v) is 6.42. The van der Waals surface area contributed by atoms with Crippen LogP contribution in [0.1, 0.15) is 4.88 Å². The summed E-state index contributed by atoms with van der Waals surface area (Å²) >= 11 is 5.60. The van der Waals surface area contributed by atoms with E-state index in [-0.39, 0.29) is 5.75 Å². The Morgan fingerprint density at radius 2 is 2.00 bits per heavy atom. The molecule has 2 rings (SSSR count). The van der Waals surface area contributed by atoms with E-state index in [1.165, 1.54) is 28.0 Å². The fourth-order valence-electron chi connectivity index (χ4n) is 1.22. The van der Waals surface area contributed by atoms with Gasteiger partial charge in [-0.1, -0.05) is 40.9 Å². The molecule has 22 heavy (non-hydrogen) atoms. The fourth-order valence-corrected chi connectivity index (χ4v) is 4.84. The lowest BCUT2D eigenvalue weighted by molar-refractivity contribution is -0.136.